The molecule has 6 heteroatoms. The number of benzene rings is 1. The molecular weight excluding hydrogens is 314 g/mol. The molecule has 3 aromatic rings. The molecule has 1 saturated heterocycles. The molecule has 2 aromatic heterocycles. The number of piperidine rings is 1. The first kappa shape index (κ1) is 16.0. The second-order valence-corrected chi connectivity index (χ2v) is 6.83. The highest BCUT2D eigenvalue weighted by Gasteiger charge is 2.27. The summed E-state index contributed by atoms with van der Waals surface area (Å²) in [7, 11) is 0. The molecule has 1 atom stereocenters. The number of aryl methyl sites for hydroxylation is 1. The number of hydrogen-bond acceptors (Lipinski definition) is 5. The van der Waals surface area contributed by atoms with Crippen LogP contribution in [0.2, 0.25) is 0 Å². The van der Waals surface area contributed by atoms with E-state index in [0.717, 1.165) is 31.5 Å². The van der Waals surface area contributed by atoms with Crippen molar-refractivity contribution in [2.45, 2.75) is 38.6 Å². The molecule has 1 N–H and O–H groups in total. The van der Waals surface area contributed by atoms with Crippen LogP contribution < -0.4 is 0 Å². The fourth-order valence-corrected chi connectivity index (χ4v) is 3.56. The van der Waals surface area contributed by atoms with Gasteiger partial charge in [-0.15, -0.1) is 10.2 Å². The molecule has 1 fully saturated rings. The number of nitrogens with zero attached hydrogens (tertiary/aromatic N) is 4. The van der Waals surface area contributed by atoms with Gasteiger partial charge < -0.3 is 4.42 Å². The Kier molecular flexibility index (Phi) is 4.36. The lowest BCUT2D eigenvalue weighted by atomic mass is 9.91. The maximum absolute atomic E-state index is 5.96. The van der Waals surface area contributed by atoms with E-state index in [9.17, 15) is 0 Å². The topological polar surface area (TPSA) is 70.8 Å². The van der Waals surface area contributed by atoms with Crippen LogP contribution in [-0.4, -0.2) is 38.4 Å². The van der Waals surface area contributed by atoms with Crippen molar-refractivity contribution >= 4 is 0 Å². The SMILES string of the molecule is Cc1cccc(-c2nnc([C@@H](C)N3CCC(c4cn[nH]c4)CC3)o2)c1. The predicted molar refractivity (Wildman–Crippen MR) is 95.0 cm³/mol. The molecule has 0 saturated carbocycles. The molecule has 0 unspecified atom stereocenters. The summed E-state index contributed by atoms with van der Waals surface area (Å²) in [6.07, 6.45) is 6.21. The van der Waals surface area contributed by atoms with Crippen molar-refractivity contribution < 1.29 is 4.42 Å². The Hall–Kier alpha value is -2.47. The molecule has 130 valence electrons. The Morgan fingerprint density at radius 2 is 2.08 bits per heavy atom. The fraction of sp³-hybridized carbons (Fsp3) is 0.421. The lowest BCUT2D eigenvalue weighted by molar-refractivity contribution is 0.143. The van der Waals surface area contributed by atoms with Crippen LogP contribution in [0.3, 0.4) is 0 Å². The van der Waals surface area contributed by atoms with Crippen molar-refractivity contribution in [2.75, 3.05) is 13.1 Å². The van der Waals surface area contributed by atoms with Crippen molar-refractivity contribution in [3.63, 3.8) is 0 Å². The van der Waals surface area contributed by atoms with E-state index in [1.807, 2.05) is 24.5 Å². The Morgan fingerprint density at radius 3 is 2.80 bits per heavy atom. The van der Waals surface area contributed by atoms with Crippen molar-refractivity contribution in [1.82, 2.24) is 25.3 Å². The first-order chi connectivity index (χ1) is 12.2. The van der Waals surface area contributed by atoms with E-state index in [1.54, 1.807) is 0 Å². The Labute approximate surface area is 147 Å². The molecule has 25 heavy (non-hydrogen) atoms. The Balaban J connectivity index is 1.43. The van der Waals surface area contributed by atoms with Gasteiger partial charge in [-0.3, -0.25) is 10.00 Å². The van der Waals surface area contributed by atoms with E-state index in [1.165, 1.54) is 11.1 Å². The van der Waals surface area contributed by atoms with Crippen LogP contribution in [0.1, 0.15) is 48.7 Å². The normalized spacial score (nSPS) is 17.7. The van der Waals surface area contributed by atoms with E-state index < -0.39 is 0 Å². The van der Waals surface area contributed by atoms with E-state index in [-0.39, 0.29) is 6.04 Å². The highest BCUT2D eigenvalue weighted by molar-refractivity contribution is 5.53. The van der Waals surface area contributed by atoms with E-state index in [2.05, 4.69) is 51.3 Å². The molecule has 0 bridgehead atoms. The molecule has 0 spiro atoms. The van der Waals surface area contributed by atoms with Crippen LogP contribution in [0.4, 0.5) is 0 Å². The first-order valence-electron chi connectivity index (χ1n) is 8.84. The third kappa shape index (κ3) is 3.35. The molecular formula is C19H23N5O. The van der Waals surface area contributed by atoms with Gasteiger partial charge in [0.25, 0.3) is 0 Å². The van der Waals surface area contributed by atoms with Crippen LogP contribution >= 0.6 is 0 Å². The van der Waals surface area contributed by atoms with Crippen LogP contribution in [0.5, 0.6) is 0 Å². The van der Waals surface area contributed by atoms with E-state index in [4.69, 9.17) is 4.42 Å². The summed E-state index contributed by atoms with van der Waals surface area (Å²) >= 11 is 0. The molecule has 1 aliphatic rings. The highest BCUT2D eigenvalue weighted by Crippen LogP contribution is 2.32. The van der Waals surface area contributed by atoms with Gasteiger partial charge in [-0.25, -0.2) is 0 Å². The quantitative estimate of drug-likeness (QED) is 0.786. The zero-order chi connectivity index (χ0) is 17.2. The smallest absolute Gasteiger partial charge is 0.247 e. The minimum Gasteiger partial charge on any atom is -0.419 e. The summed E-state index contributed by atoms with van der Waals surface area (Å²) in [5.74, 6) is 1.88. The third-order valence-corrected chi connectivity index (χ3v) is 5.13. The molecule has 1 aliphatic heterocycles. The van der Waals surface area contributed by atoms with Crippen molar-refractivity contribution in [1.29, 1.82) is 0 Å². The molecule has 0 radical (unpaired) electrons. The number of aromatic nitrogens is 4. The van der Waals surface area contributed by atoms with Crippen molar-refractivity contribution in [3.8, 4) is 11.5 Å². The van der Waals surface area contributed by atoms with E-state index >= 15 is 0 Å². The zero-order valence-corrected chi connectivity index (χ0v) is 14.6. The number of H-pyrrole nitrogens is 1. The molecule has 0 amide bonds. The number of rotatable bonds is 4. The van der Waals surface area contributed by atoms with Crippen molar-refractivity contribution in [3.05, 3.63) is 53.7 Å². The monoisotopic (exact) mass is 337 g/mol. The Morgan fingerprint density at radius 1 is 1.24 bits per heavy atom. The second-order valence-electron chi connectivity index (χ2n) is 6.83. The van der Waals surface area contributed by atoms with Crippen LogP contribution in [0.15, 0.2) is 41.1 Å². The summed E-state index contributed by atoms with van der Waals surface area (Å²) in [5.41, 5.74) is 3.48. The van der Waals surface area contributed by atoms with Gasteiger partial charge >= 0.3 is 0 Å². The summed E-state index contributed by atoms with van der Waals surface area (Å²) in [5, 5.41) is 15.5. The van der Waals surface area contributed by atoms with Crippen LogP contribution in [0.25, 0.3) is 11.5 Å². The minimum absolute atomic E-state index is 0.136. The standard InChI is InChI=1S/C19H23N5O/c1-13-4-3-5-16(10-13)19-23-22-18(25-19)14(2)24-8-6-15(7-9-24)17-11-20-21-12-17/h3-5,10-12,14-15H,6-9H2,1-2H3,(H,20,21)/t14-/m1/s1. The number of aromatic amines is 1. The van der Waals surface area contributed by atoms with Crippen molar-refractivity contribution in [2.24, 2.45) is 0 Å². The fourth-order valence-electron chi connectivity index (χ4n) is 3.56. The molecule has 0 aliphatic carbocycles. The number of hydrogen-bond donors (Lipinski definition) is 1. The number of likely N-dealkylation sites (tertiary alicyclic amines) is 1. The molecule has 1 aromatic carbocycles. The van der Waals surface area contributed by atoms with Gasteiger partial charge in [-0.2, -0.15) is 5.10 Å². The first-order valence-corrected chi connectivity index (χ1v) is 8.84. The highest BCUT2D eigenvalue weighted by atomic mass is 16.4. The van der Waals surface area contributed by atoms with Gasteiger partial charge in [0.2, 0.25) is 11.8 Å². The van der Waals surface area contributed by atoms with Crippen LogP contribution in [-0.2, 0) is 0 Å². The van der Waals surface area contributed by atoms with E-state index in [0.29, 0.717) is 17.7 Å². The minimum atomic E-state index is 0.136. The summed E-state index contributed by atoms with van der Waals surface area (Å²) < 4.78 is 5.96. The maximum Gasteiger partial charge on any atom is 0.247 e. The average Bonchev–Trinajstić information content (AvgIpc) is 3.33. The Bertz CT molecular complexity index is 818. The zero-order valence-electron chi connectivity index (χ0n) is 14.6. The second kappa shape index (κ2) is 6.80. The largest absolute Gasteiger partial charge is 0.419 e. The number of nitrogens with one attached hydrogen (secondary N) is 1. The van der Waals surface area contributed by atoms with Gasteiger partial charge in [0.05, 0.1) is 12.2 Å². The lowest BCUT2D eigenvalue weighted by Gasteiger charge is -2.34. The van der Waals surface area contributed by atoms with Gasteiger partial charge in [0.15, 0.2) is 0 Å². The molecule has 4 rings (SSSR count). The molecule has 6 nitrogen and oxygen atoms in total. The summed E-state index contributed by atoms with van der Waals surface area (Å²) in [6, 6.07) is 8.28. The summed E-state index contributed by atoms with van der Waals surface area (Å²) in [6.45, 7) is 6.26. The maximum atomic E-state index is 5.96. The van der Waals surface area contributed by atoms with Gasteiger partial charge in [0, 0.05) is 11.8 Å². The lowest BCUT2D eigenvalue weighted by Crippen LogP contribution is -2.35. The van der Waals surface area contributed by atoms with Gasteiger partial charge in [0.1, 0.15) is 0 Å². The molecule has 3 heterocycles. The van der Waals surface area contributed by atoms with Gasteiger partial charge in [-0.05, 0) is 63.4 Å². The third-order valence-electron chi connectivity index (χ3n) is 5.13. The average molecular weight is 337 g/mol. The van der Waals surface area contributed by atoms with Gasteiger partial charge in [-0.1, -0.05) is 17.7 Å². The predicted octanol–water partition coefficient (Wildman–Crippen LogP) is 3.71. The summed E-state index contributed by atoms with van der Waals surface area (Å²) in [4.78, 5) is 2.42. The van der Waals surface area contributed by atoms with Crippen LogP contribution in [0, 0.1) is 6.92 Å².